The number of halogens is 1. The van der Waals surface area contributed by atoms with Gasteiger partial charge in [-0.05, 0) is 34.9 Å². The SMILES string of the molecule is CN(Cc1ccc(F)cc1)C(=O)c1nc(C(NCc2cccnc2)c2ccccc2)[nH]c(=O)c1O. The van der Waals surface area contributed by atoms with E-state index in [0.29, 0.717) is 12.1 Å². The molecular weight excluding hydrogens is 449 g/mol. The summed E-state index contributed by atoms with van der Waals surface area (Å²) in [4.78, 5) is 38.1. The number of pyridine rings is 1. The van der Waals surface area contributed by atoms with Crippen LogP contribution in [-0.4, -0.2) is 37.9 Å². The Morgan fingerprint density at radius 3 is 2.51 bits per heavy atom. The maximum Gasteiger partial charge on any atom is 0.293 e. The Morgan fingerprint density at radius 1 is 1.09 bits per heavy atom. The highest BCUT2D eigenvalue weighted by Gasteiger charge is 2.25. The van der Waals surface area contributed by atoms with Gasteiger partial charge in [0.2, 0.25) is 5.75 Å². The number of aromatic hydroxyl groups is 1. The fourth-order valence-corrected chi connectivity index (χ4v) is 3.63. The second-order valence-electron chi connectivity index (χ2n) is 8.02. The van der Waals surface area contributed by atoms with Gasteiger partial charge in [0.1, 0.15) is 11.6 Å². The third-order valence-electron chi connectivity index (χ3n) is 5.43. The van der Waals surface area contributed by atoms with E-state index in [9.17, 15) is 19.1 Å². The van der Waals surface area contributed by atoms with Crippen molar-refractivity contribution in [2.45, 2.75) is 19.1 Å². The van der Waals surface area contributed by atoms with Gasteiger partial charge in [0.05, 0.1) is 6.04 Å². The molecule has 35 heavy (non-hydrogen) atoms. The van der Waals surface area contributed by atoms with E-state index in [-0.39, 0.29) is 23.9 Å². The number of rotatable bonds is 8. The van der Waals surface area contributed by atoms with Crippen LogP contribution in [0, 0.1) is 5.82 Å². The highest BCUT2D eigenvalue weighted by Crippen LogP contribution is 2.22. The summed E-state index contributed by atoms with van der Waals surface area (Å²) in [5, 5.41) is 13.7. The highest BCUT2D eigenvalue weighted by atomic mass is 19.1. The minimum absolute atomic E-state index is 0.143. The molecule has 0 fully saturated rings. The van der Waals surface area contributed by atoms with Crippen molar-refractivity contribution < 1.29 is 14.3 Å². The second-order valence-corrected chi connectivity index (χ2v) is 8.02. The minimum Gasteiger partial charge on any atom is -0.501 e. The molecule has 2 aromatic heterocycles. The van der Waals surface area contributed by atoms with Crippen LogP contribution in [0.2, 0.25) is 0 Å². The molecule has 1 amide bonds. The quantitative estimate of drug-likeness (QED) is 0.363. The van der Waals surface area contributed by atoms with Crippen LogP contribution in [-0.2, 0) is 13.1 Å². The van der Waals surface area contributed by atoms with E-state index in [4.69, 9.17) is 0 Å². The van der Waals surface area contributed by atoms with Gasteiger partial charge in [-0.2, -0.15) is 0 Å². The zero-order valence-corrected chi connectivity index (χ0v) is 19.0. The maximum atomic E-state index is 13.2. The predicted molar refractivity (Wildman–Crippen MR) is 128 cm³/mol. The van der Waals surface area contributed by atoms with Crippen molar-refractivity contribution >= 4 is 5.91 Å². The first-order chi connectivity index (χ1) is 16.9. The number of nitrogens with zero attached hydrogens (tertiary/aromatic N) is 3. The van der Waals surface area contributed by atoms with E-state index in [2.05, 4.69) is 20.3 Å². The molecule has 0 radical (unpaired) electrons. The Bertz CT molecular complexity index is 1350. The first-order valence-electron chi connectivity index (χ1n) is 10.9. The van der Waals surface area contributed by atoms with Gasteiger partial charge in [0.15, 0.2) is 5.69 Å². The summed E-state index contributed by atoms with van der Waals surface area (Å²) in [6.07, 6.45) is 3.40. The molecule has 0 saturated heterocycles. The van der Waals surface area contributed by atoms with Crippen LogP contribution < -0.4 is 10.9 Å². The van der Waals surface area contributed by atoms with E-state index < -0.39 is 23.3 Å². The average molecular weight is 474 g/mol. The van der Waals surface area contributed by atoms with Gasteiger partial charge in [0.25, 0.3) is 11.5 Å². The van der Waals surface area contributed by atoms with Gasteiger partial charge in [0, 0.05) is 32.5 Å². The van der Waals surface area contributed by atoms with E-state index in [1.54, 1.807) is 24.5 Å². The summed E-state index contributed by atoms with van der Waals surface area (Å²) in [6, 6.07) is 18.2. The number of nitrogens with one attached hydrogen (secondary N) is 2. The Hall–Kier alpha value is -4.37. The zero-order chi connectivity index (χ0) is 24.8. The molecule has 0 spiro atoms. The summed E-state index contributed by atoms with van der Waals surface area (Å²) in [5.74, 6) is -1.60. The van der Waals surface area contributed by atoms with Crippen molar-refractivity contribution in [1.29, 1.82) is 0 Å². The number of carbonyl (C=O) groups excluding carboxylic acids is 1. The van der Waals surface area contributed by atoms with Crippen LogP contribution in [0.5, 0.6) is 5.75 Å². The lowest BCUT2D eigenvalue weighted by Crippen LogP contribution is -2.32. The zero-order valence-electron chi connectivity index (χ0n) is 19.0. The fourth-order valence-electron chi connectivity index (χ4n) is 3.63. The van der Waals surface area contributed by atoms with Crippen LogP contribution in [0.3, 0.4) is 0 Å². The second kappa shape index (κ2) is 10.7. The number of aromatic nitrogens is 3. The molecule has 2 heterocycles. The third-order valence-corrected chi connectivity index (χ3v) is 5.43. The standard InChI is InChI=1S/C26H24FN5O3/c1-32(16-17-9-11-20(27)12-10-17)26(35)22-23(33)25(34)31-24(30-22)21(19-7-3-2-4-8-19)29-15-18-6-5-13-28-14-18/h2-14,21,29,33H,15-16H2,1H3,(H,30,31,34). The predicted octanol–water partition coefficient (Wildman–Crippen LogP) is 3.16. The number of benzene rings is 2. The van der Waals surface area contributed by atoms with E-state index in [1.165, 1.54) is 24.1 Å². The minimum atomic E-state index is -0.822. The van der Waals surface area contributed by atoms with Gasteiger partial charge in [-0.15, -0.1) is 0 Å². The lowest BCUT2D eigenvalue weighted by Gasteiger charge is -2.21. The van der Waals surface area contributed by atoms with Crippen LogP contribution in [0.1, 0.15) is 39.0 Å². The Balaban J connectivity index is 1.65. The van der Waals surface area contributed by atoms with Gasteiger partial charge in [-0.3, -0.25) is 19.9 Å². The topological polar surface area (TPSA) is 111 Å². The molecule has 1 unspecified atom stereocenters. The summed E-state index contributed by atoms with van der Waals surface area (Å²) in [5.41, 5.74) is 1.23. The Labute approximate surface area is 201 Å². The van der Waals surface area contributed by atoms with Gasteiger partial charge >= 0.3 is 0 Å². The molecule has 0 bridgehead atoms. The van der Waals surface area contributed by atoms with Gasteiger partial charge < -0.3 is 15.0 Å². The van der Waals surface area contributed by atoms with Crippen molar-refractivity contribution in [3.8, 4) is 5.75 Å². The summed E-state index contributed by atoms with van der Waals surface area (Å²) in [7, 11) is 1.52. The molecule has 4 aromatic rings. The number of aromatic amines is 1. The number of carbonyl (C=O) groups is 1. The first kappa shape index (κ1) is 23.8. The molecule has 0 aliphatic carbocycles. The average Bonchev–Trinajstić information content (AvgIpc) is 2.88. The molecule has 4 rings (SSSR count). The molecule has 0 saturated carbocycles. The number of amides is 1. The van der Waals surface area contributed by atoms with Gasteiger partial charge in [-0.25, -0.2) is 9.37 Å². The summed E-state index contributed by atoms with van der Waals surface area (Å²) < 4.78 is 13.2. The third kappa shape index (κ3) is 5.77. The van der Waals surface area contributed by atoms with Crippen molar-refractivity contribution in [2.75, 3.05) is 7.05 Å². The Morgan fingerprint density at radius 2 is 1.83 bits per heavy atom. The van der Waals surface area contributed by atoms with Crippen molar-refractivity contribution in [1.82, 2.24) is 25.2 Å². The lowest BCUT2D eigenvalue weighted by molar-refractivity contribution is 0.0774. The smallest absolute Gasteiger partial charge is 0.293 e. The number of H-pyrrole nitrogens is 1. The number of hydrogen-bond donors (Lipinski definition) is 3. The first-order valence-corrected chi connectivity index (χ1v) is 10.9. The van der Waals surface area contributed by atoms with Crippen LogP contribution in [0.15, 0.2) is 83.9 Å². The molecule has 9 heteroatoms. The molecule has 1 atom stereocenters. The fraction of sp³-hybridized carbons (Fsp3) is 0.154. The normalized spacial score (nSPS) is 11.7. The lowest BCUT2D eigenvalue weighted by atomic mass is 10.1. The van der Waals surface area contributed by atoms with Crippen LogP contribution >= 0.6 is 0 Å². The van der Waals surface area contributed by atoms with Gasteiger partial charge in [-0.1, -0.05) is 48.5 Å². The van der Waals surface area contributed by atoms with E-state index in [0.717, 1.165) is 11.1 Å². The summed E-state index contributed by atoms with van der Waals surface area (Å²) in [6.45, 7) is 0.565. The summed E-state index contributed by atoms with van der Waals surface area (Å²) >= 11 is 0. The van der Waals surface area contributed by atoms with E-state index >= 15 is 0 Å². The van der Waals surface area contributed by atoms with E-state index in [1.807, 2.05) is 42.5 Å². The molecule has 0 aliphatic rings. The Kier molecular flexibility index (Phi) is 7.27. The largest absolute Gasteiger partial charge is 0.501 e. The highest BCUT2D eigenvalue weighted by molar-refractivity contribution is 5.94. The molecule has 0 aliphatic heterocycles. The van der Waals surface area contributed by atoms with Crippen molar-refractivity contribution in [2.24, 2.45) is 0 Å². The molecule has 178 valence electrons. The van der Waals surface area contributed by atoms with Crippen LogP contribution in [0.4, 0.5) is 4.39 Å². The van der Waals surface area contributed by atoms with Crippen molar-refractivity contribution in [3.05, 3.63) is 124 Å². The van der Waals surface area contributed by atoms with Crippen LogP contribution in [0.25, 0.3) is 0 Å². The monoisotopic (exact) mass is 473 g/mol. The number of hydrogen-bond acceptors (Lipinski definition) is 6. The molecule has 3 N–H and O–H groups in total. The molecule has 2 aromatic carbocycles. The maximum absolute atomic E-state index is 13.2. The molecular formula is C26H24FN5O3. The van der Waals surface area contributed by atoms with Crippen molar-refractivity contribution in [3.63, 3.8) is 0 Å². The molecule has 8 nitrogen and oxygen atoms in total.